The number of benzene rings is 3. The average Bonchev–Trinajstić information content (AvgIpc) is 2.76. The molecule has 0 bridgehead atoms. The van der Waals surface area contributed by atoms with Gasteiger partial charge in [-0.25, -0.2) is 0 Å². The standard InChI is InChI=1S/C23H20N2O3/c26-22(16-15-18-9-3-1-4-10-18)24-25-23(27)20-13-7-8-14-21(20)28-17-19-11-5-2-6-12-19/h1-16H,17H2,(H,24,26)(H,25,27). The van der Waals surface area contributed by atoms with Crippen LogP contribution in [0.5, 0.6) is 5.75 Å². The number of nitrogens with one attached hydrogen (secondary N) is 2. The summed E-state index contributed by atoms with van der Waals surface area (Å²) in [4.78, 5) is 24.3. The third-order valence-corrected chi connectivity index (χ3v) is 3.89. The molecular weight excluding hydrogens is 352 g/mol. The summed E-state index contributed by atoms with van der Waals surface area (Å²) < 4.78 is 5.77. The first-order valence-electron chi connectivity index (χ1n) is 8.81. The van der Waals surface area contributed by atoms with Crippen molar-refractivity contribution in [2.75, 3.05) is 0 Å². The number of carbonyl (C=O) groups excluding carboxylic acids is 2. The molecular formula is C23H20N2O3. The molecule has 0 aliphatic rings. The van der Waals surface area contributed by atoms with Gasteiger partial charge in [-0.1, -0.05) is 72.8 Å². The van der Waals surface area contributed by atoms with Crippen LogP contribution in [0.25, 0.3) is 6.08 Å². The number of amides is 2. The largest absolute Gasteiger partial charge is 0.488 e. The van der Waals surface area contributed by atoms with Gasteiger partial charge < -0.3 is 4.74 Å². The van der Waals surface area contributed by atoms with Gasteiger partial charge in [0.05, 0.1) is 5.56 Å². The first-order chi connectivity index (χ1) is 13.7. The van der Waals surface area contributed by atoms with E-state index in [1.165, 1.54) is 6.08 Å². The van der Waals surface area contributed by atoms with E-state index >= 15 is 0 Å². The Labute approximate surface area is 163 Å². The van der Waals surface area contributed by atoms with Crippen molar-refractivity contribution in [2.45, 2.75) is 6.61 Å². The summed E-state index contributed by atoms with van der Waals surface area (Å²) in [6, 6.07) is 26.0. The number of para-hydroxylation sites is 1. The summed E-state index contributed by atoms with van der Waals surface area (Å²) in [5.74, 6) is -0.442. The molecule has 0 saturated carbocycles. The molecule has 0 aromatic heterocycles. The highest BCUT2D eigenvalue weighted by Crippen LogP contribution is 2.19. The Morgan fingerprint density at radius 2 is 1.43 bits per heavy atom. The van der Waals surface area contributed by atoms with Gasteiger partial charge in [0.2, 0.25) is 0 Å². The fourth-order valence-electron chi connectivity index (χ4n) is 2.48. The molecule has 0 atom stereocenters. The minimum atomic E-state index is -0.454. The molecule has 3 aromatic carbocycles. The normalized spacial score (nSPS) is 10.4. The van der Waals surface area contributed by atoms with Gasteiger partial charge in [-0.05, 0) is 29.3 Å². The van der Waals surface area contributed by atoms with Crippen molar-refractivity contribution >= 4 is 17.9 Å². The molecule has 0 fully saturated rings. The highest BCUT2D eigenvalue weighted by Gasteiger charge is 2.12. The number of carbonyl (C=O) groups is 2. The lowest BCUT2D eigenvalue weighted by Crippen LogP contribution is -2.40. The predicted octanol–water partition coefficient (Wildman–Crippen LogP) is 3.74. The lowest BCUT2D eigenvalue weighted by atomic mass is 10.2. The van der Waals surface area contributed by atoms with Crippen molar-refractivity contribution in [3.8, 4) is 5.75 Å². The van der Waals surface area contributed by atoms with Gasteiger partial charge in [-0.3, -0.25) is 20.4 Å². The van der Waals surface area contributed by atoms with Gasteiger partial charge in [0.1, 0.15) is 12.4 Å². The Balaban J connectivity index is 1.57. The van der Waals surface area contributed by atoms with Gasteiger partial charge in [0.15, 0.2) is 0 Å². The first-order valence-corrected chi connectivity index (χ1v) is 8.81. The van der Waals surface area contributed by atoms with Crippen molar-refractivity contribution in [3.63, 3.8) is 0 Å². The van der Waals surface area contributed by atoms with Crippen LogP contribution in [0.1, 0.15) is 21.5 Å². The fraction of sp³-hybridized carbons (Fsp3) is 0.0435. The SMILES string of the molecule is O=C(C=Cc1ccccc1)NNC(=O)c1ccccc1OCc1ccccc1. The van der Waals surface area contributed by atoms with Crippen LogP contribution in [-0.2, 0) is 11.4 Å². The van der Waals surface area contributed by atoms with Crippen LogP contribution in [0.3, 0.4) is 0 Å². The zero-order valence-electron chi connectivity index (χ0n) is 15.2. The predicted molar refractivity (Wildman–Crippen MR) is 108 cm³/mol. The Kier molecular flexibility index (Phi) is 6.57. The maximum Gasteiger partial charge on any atom is 0.273 e. The molecule has 0 aliphatic heterocycles. The van der Waals surface area contributed by atoms with E-state index in [0.717, 1.165) is 11.1 Å². The molecule has 0 spiro atoms. The van der Waals surface area contributed by atoms with Crippen molar-refractivity contribution < 1.29 is 14.3 Å². The highest BCUT2D eigenvalue weighted by atomic mass is 16.5. The van der Waals surface area contributed by atoms with Crippen molar-refractivity contribution in [3.05, 3.63) is 108 Å². The summed E-state index contributed by atoms with van der Waals surface area (Å²) in [5.41, 5.74) is 7.00. The molecule has 28 heavy (non-hydrogen) atoms. The van der Waals surface area contributed by atoms with Crippen LogP contribution >= 0.6 is 0 Å². The van der Waals surface area contributed by atoms with E-state index in [2.05, 4.69) is 10.9 Å². The Bertz CT molecular complexity index is 954. The molecule has 3 aromatic rings. The quantitative estimate of drug-likeness (QED) is 0.512. The van der Waals surface area contributed by atoms with Crippen molar-refractivity contribution in [1.29, 1.82) is 0 Å². The zero-order chi connectivity index (χ0) is 19.6. The van der Waals surface area contributed by atoms with Gasteiger partial charge in [0, 0.05) is 6.08 Å². The van der Waals surface area contributed by atoms with E-state index in [4.69, 9.17) is 4.74 Å². The Morgan fingerprint density at radius 1 is 0.786 bits per heavy atom. The third-order valence-electron chi connectivity index (χ3n) is 3.89. The second-order valence-electron chi connectivity index (χ2n) is 5.96. The monoisotopic (exact) mass is 372 g/mol. The molecule has 2 N–H and O–H groups in total. The molecule has 0 saturated heterocycles. The number of hydrogen-bond donors (Lipinski definition) is 2. The molecule has 2 amide bonds. The molecule has 3 rings (SSSR count). The number of rotatable bonds is 6. The maximum atomic E-state index is 12.4. The molecule has 5 heteroatoms. The zero-order valence-corrected chi connectivity index (χ0v) is 15.2. The average molecular weight is 372 g/mol. The van der Waals surface area contributed by atoms with Crippen molar-refractivity contribution in [1.82, 2.24) is 10.9 Å². The maximum absolute atomic E-state index is 12.4. The topological polar surface area (TPSA) is 67.4 Å². The van der Waals surface area contributed by atoms with Crippen LogP contribution in [0.2, 0.25) is 0 Å². The number of hydrogen-bond acceptors (Lipinski definition) is 3. The minimum absolute atomic E-state index is 0.339. The van der Waals surface area contributed by atoms with Crippen LogP contribution in [0.15, 0.2) is 91.0 Å². The summed E-state index contributed by atoms with van der Waals surface area (Å²) in [5, 5.41) is 0. The Morgan fingerprint density at radius 3 is 2.18 bits per heavy atom. The minimum Gasteiger partial charge on any atom is -0.488 e. The van der Waals surface area contributed by atoms with Crippen molar-refractivity contribution in [2.24, 2.45) is 0 Å². The lowest BCUT2D eigenvalue weighted by molar-refractivity contribution is -0.117. The summed E-state index contributed by atoms with van der Waals surface area (Å²) in [7, 11) is 0. The second kappa shape index (κ2) is 9.73. The van der Waals surface area contributed by atoms with Gasteiger partial charge in [-0.15, -0.1) is 0 Å². The molecule has 0 heterocycles. The molecule has 0 aliphatic carbocycles. The summed E-state index contributed by atoms with van der Waals surface area (Å²) in [6.07, 6.45) is 3.02. The van der Waals surface area contributed by atoms with Gasteiger partial charge in [-0.2, -0.15) is 0 Å². The second-order valence-corrected chi connectivity index (χ2v) is 5.96. The number of ether oxygens (including phenoxy) is 1. The highest BCUT2D eigenvalue weighted by molar-refractivity contribution is 5.99. The van der Waals surface area contributed by atoms with Crippen LogP contribution in [0.4, 0.5) is 0 Å². The number of hydrazine groups is 1. The Hall–Kier alpha value is -3.86. The van der Waals surface area contributed by atoms with E-state index in [-0.39, 0.29) is 0 Å². The van der Waals surface area contributed by atoms with E-state index < -0.39 is 11.8 Å². The summed E-state index contributed by atoms with van der Waals surface area (Å²) >= 11 is 0. The van der Waals surface area contributed by atoms with Crippen LogP contribution < -0.4 is 15.6 Å². The fourth-order valence-corrected chi connectivity index (χ4v) is 2.48. The molecule has 0 unspecified atom stereocenters. The lowest BCUT2D eigenvalue weighted by Gasteiger charge is -2.12. The smallest absolute Gasteiger partial charge is 0.273 e. The van der Waals surface area contributed by atoms with E-state index in [9.17, 15) is 9.59 Å². The molecule has 0 radical (unpaired) electrons. The van der Waals surface area contributed by atoms with Gasteiger partial charge in [0.25, 0.3) is 11.8 Å². The van der Waals surface area contributed by atoms with E-state index in [0.29, 0.717) is 17.9 Å². The van der Waals surface area contributed by atoms with E-state index in [1.54, 1.807) is 30.3 Å². The third kappa shape index (κ3) is 5.57. The summed E-state index contributed by atoms with van der Waals surface area (Å²) in [6.45, 7) is 0.345. The first kappa shape index (κ1) is 18.9. The molecule has 5 nitrogen and oxygen atoms in total. The van der Waals surface area contributed by atoms with Gasteiger partial charge >= 0.3 is 0 Å². The van der Waals surface area contributed by atoms with Crippen LogP contribution in [-0.4, -0.2) is 11.8 Å². The van der Waals surface area contributed by atoms with Crippen LogP contribution in [0, 0.1) is 0 Å². The molecule has 140 valence electrons. The van der Waals surface area contributed by atoms with E-state index in [1.807, 2.05) is 60.7 Å².